The van der Waals surface area contributed by atoms with Gasteiger partial charge in [-0.1, -0.05) is 28.1 Å². The van der Waals surface area contributed by atoms with Gasteiger partial charge in [-0.25, -0.2) is 0 Å². The molecule has 1 aromatic carbocycles. The molecule has 0 amide bonds. The Labute approximate surface area is 142 Å². The average Bonchev–Trinajstić information content (AvgIpc) is 2.53. The zero-order chi connectivity index (χ0) is 17.6. The highest BCUT2D eigenvalue weighted by atomic mass is 79.9. The lowest BCUT2D eigenvalue weighted by atomic mass is 9.83. The summed E-state index contributed by atoms with van der Waals surface area (Å²) in [6, 6.07) is 5.57. The van der Waals surface area contributed by atoms with E-state index in [1.54, 1.807) is 13.8 Å². The highest BCUT2D eigenvalue weighted by Crippen LogP contribution is 2.43. The molecule has 23 heavy (non-hydrogen) atoms. The molecule has 0 aliphatic rings. The van der Waals surface area contributed by atoms with Gasteiger partial charge in [-0.15, -0.1) is 0 Å². The van der Waals surface area contributed by atoms with E-state index in [1.165, 1.54) is 31.2 Å². The van der Waals surface area contributed by atoms with E-state index >= 15 is 0 Å². The van der Waals surface area contributed by atoms with Crippen LogP contribution in [0.2, 0.25) is 0 Å². The summed E-state index contributed by atoms with van der Waals surface area (Å²) < 4.78 is 10.0. The summed E-state index contributed by atoms with van der Waals surface area (Å²) in [6.07, 6.45) is 0. The minimum absolute atomic E-state index is 0.0811. The van der Waals surface area contributed by atoms with E-state index in [0.29, 0.717) is 5.56 Å². The van der Waals surface area contributed by atoms with E-state index in [2.05, 4.69) is 15.9 Å². The smallest absolute Gasteiger partial charge is 0.324 e. The standard InChI is InChI=1S/C15H18BrNO6/c1-4-22-13(18)15(3,14(19)23-5-2)12(16)10-6-8-11(9-7-10)17(20)21/h6-9,12H,4-5H2,1-3H3. The number of rotatable bonds is 7. The highest BCUT2D eigenvalue weighted by molar-refractivity contribution is 9.09. The average molecular weight is 388 g/mol. The van der Waals surface area contributed by atoms with E-state index in [9.17, 15) is 19.7 Å². The third-order valence-corrected chi connectivity index (χ3v) is 4.75. The molecule has 0 saturated heterocycles. The lowest BCUT2D eigenvalue weighted by Gasteiger charge is -2.29. The maximum atomic E-state index is 12.3. The largest absolute Gasteiger partial charge is 0.465 e. The molecule has 0 bridgehead atoms. The fraction of sp³-hybridized carbons (Fsp3) is 0.467. The number of nitro benzene ring substituents is 1. The van der Waals surface area contributed by atoms with Crippen LogP contribution in [0.1, 0.15) is 31.2 Å². The number of nitrogens with zero attached hydrogens (tertiary/aromatic N) is 1. The number of non-ortho nitro benzene ring substituents is 1. The molecule has 0 saturated carbocycles. The molecule has 0 spiro atoms. The first kappa shape index (κ1) is 19.1. The van der Waals surface area contributed by atoms with Crippen LogP contribution in [0.5, 0.6) is 0 Å². The quantitative estimate of drug-likeness (QED) is 0.234. The van der Waals surface area contributed by atoms with Crippen LogP contribution in [0, 0.1) is 15.5 Å². The van der Waals surface area contributed by atoms with Crippen molar-refractivity contribution in [2.24, 2.45) is 5.41 Å². The van der Waals surface area contributed by atoms with Gasteiger partial charge in [0.1, 0.15) is 0 Å². The second kappa shape index (κ2) is 8.05. The molecule has 0 heterocycles. The summed E-state index contributed by atoms with van der Waals surface area (Å²) in [7, 11) is 0. The molecule has 126 valence electrons. The number of esters is 2. The van der Waals surface area contributed by atoms with Crippen molar-refractivity contribution in [2.75, 3.05) is 13.2 Å². The van der Waals surface area contributed by atoms with Crippen molar-refractivity contribution in [3.05, 3.63) is 39.9 Å². The van der Waals surface area contributed by atoms with Crippen molar-refractivity contribution in [1.82, 2.24) is 0 Å². The zero-order valence-electron chi connectivity index (χ0n) is 13.1. The van der Waals surface area contributed by atoms with E-state index in [1.807, 2.05) is 0 Å². The summed E-state index contributed by atoms with van der Waals surface area (Å²) in [5, 5.41) is 10.7. The van der Waals surface area contributed by atoms with E-state index in [-0.39, 0.29) is 18.9 Å². The molecule has 1 rings (SSSR count). The monoisotopic (exact) mass is 387 g/mol. The predicted octanol–water partition coefficient (Wildman–Crippen LogP) is 3.16. The van der Waals surface area contributed by atoms with Gasteiger partial charge in [0.25, 0.3) is 5.69 Å². The lowest BCUT2D eigenvalue weighted by molar-refractivity contribution is -0.384. The predicted molar refractivity (Wildman–Crippen MR) is 86.1 cm³/mol. The van der Waals surface area contributed by atoms with Crippen LogP contribution in [0.3, 0.4) is 0 Å². The molecule has 0 aliphatic heterocycles. The second-order valence-corrected chi connectivity index (χ2v) is 5.77. The summed E-state index contributed by atoms with van der Waals surface area (Å²) in [6.45, 7) is 4.93. The molecule has 0 aliphatic carbocycles. The molecule has 7 nitrogen and oxygen atoms in total. The van der Waals surface area contributed by atoms with Gasteiger partial charge in [0.15, 0.2) is 5.41 Å². The van der Waals surface area contributed by atoms with Gasteiger partial charge < -0.3 is 9.47 Å². The van der Waals surface area contributed by atoms with Gasteiger partial charge in [0.05, 0.1) is 23.0 Å². The molecule has 0 radical (unpaired) electrons. The third-order valence-electron chi connectivity index (χ3n) is 3.30. The minimum atomic E-state index is -1.61. The molecule has 1 atom stereocenters. The summed E-state index contributed by atoms with van der Waals surface area (Å²) in [4.78, 5) is 34.1. The first-order valence-corrected chi connectivity index (χ1v) is 7.93. The van der Waals surface area contributed by atoms with Crippen molar-refractivity contribution in [3.63, 3.8) is 0 Å². The molecular weight excluding hydrogens is 370 g/mol. The van der Waals surface area contributed by atoms with Crippen molar-refractivity contribution in [3.8, 4) is 0 Å². The zero-order valence-corrected chi connectivity index (χ0v) is 14.7. The van der Waals surface area contributed by atoms with E-state index < -0.39 is 27.1 Å². The lowest BCUT2D eigenvalue weighted by Crippen LogP contribution is -2.42. The number of nitro groups is 1. The van der Waals surface area contributed by atoms with Gasteiger partial charge >= 0.3 is 11.9 Å². The molecule has 1 aromatic rings. The Kier molecular flexibility index (Phi) is 6.68. The molecular formula is C15H18BrNO6. The maximum absolute atomic E-state index is 12.3. The number of hydrogen-bond acceptors (Lipinski definition) is 6. The Morgan fingerprint density at radius 2 is 1.61 bits per heavy atom. The molecule has 0 fully saturated rings. The number of alkyl halides is 1. The summed E-state index contributed by atoms with van der Waals surface area (Å²) in [5.41, 5.74) is -1.16. The van der Waals surface area contributed by atoms with E-state index in [0.717, 1.165) is 0 Å². The topological polar surface area (TPSA) is 95.7 Å². The van der Waals surface area contributed by atoms with Gasteiger partial charge in [-0.3, -0.25) is 19.7 Å². The van der Waals surface area contributed by atoms with Crippen molar-refractivity contribution < 1.29 is 24.0 Å². The fourth-order valence-corrected chi connectivity index (χ4v) is 2.63. The van der Waals surface area contributed by atoms with Crippen LogP contribution in [0.15, 0.2) is 24.3 Å². The Hall–Kier alpha value is -1.96. The molecule has 1 unspecified atom stereocenters. The fourth-order valence-electron chi connectivity index (χ4n) is 1.95. The normalized spacial score (nSPS) is 12.3. The van der Waals surface area contributed by atoms with Gasteiger partial charge in [-0.05, 0) is 26.3 Å². The Bertz CT molecular complexity index is 568. The Morgan fingerprint density at radius 1 is 1.17 bits per heavy atom. The second-order valence-electron chi connectivity index (χ2n) is 4.85. The van der Waals surface area contributed by atoms with Gasteiger partial charge in [0, 0.05) is 12.1 Å². The number of ether oxygens (including phenoxy) is 2. The number of hydrogen-bond donors (Lipinski definition) is 0. The van der Waals surface area contributed by atoms with Crippen LogP contribution in [0.4, 0.5) is 5.69 Å². The van der Waals surface area contributed by atoms with Crippen molar-refractivity contribution >= 4 is 33.6 Å². The SMILES string of the molecule is CCOC(=O)C(C)(C(=O)OCC)C(Br)c1ccc([N+](=O)[O-])cc1. The van der Waals surface area contributed by atoms with Crippen molar-refractivity contribution in [2.45, 2.75) is 25.6 Å². The number of benzene rings is 1. The maximum Gasteiger partial charge on any atom is 0.324 e. The van der Waals surface area contributed by atoms with Crippen LogP contribution in [0.25, 0.3) is 0 Å². The summed E-state index contributed by atoms with van der Waals surface area (Å²) >= 11 is 3.34. The third kappa shape index (κ3) is 4.07. The van der Waals surface area contributed by atoms with Crippen LogP contribution in [-0.2, 0) is 19.1 Å². The first-order chi connectivity index (χ1) is 10.8. The van der Waals surface area contributed by atoms with Crippen LogP contribution in [-0.4, -0.2) is 30.1 Å². The highest BCUT2D eigenvalue weighted by Gasteiger charge is 2.50. The Morgan fingerprint density at radius 3 is 1.96 bits per heavy atom. The Balaban J connectivity index is 3.21. The van der Waals surface area contributed by atoms with E-state index in [4.69, 9.17) is 9.47 Å². The van der Waals surface area contributed by atoms with Crippen LogP contribution >= 0.6 is 15.9 Å². The number of halogens is 1. The van der Waals surface area contributed by atoms with Crippen molar-refractivity contribution in [1.29, 1.82) is 0 Å². The van der Waals surface area contributed by atoms with Gasteiger partial charge in [-0.2, -0.15) is 0 Å². The molecule has 0 N–H and O–H groups in total. The van der Waals surface area contributed by atoms with Gasteiger partial charge in [0.2, 0.25) is 0 Å². The molecule has 8 heteroatoms. The van der Waals surface area contributed by atoms with Crippen LogP contribution < -0.4 is 0 Å². The first-order valence-electron chi connectivity index (χ1n) is 7.01. The number of carbonyl (C=O) groups is 2. The number of carbonyl (C=O) groups excluding carboxylic acids is 2. The minimum Gasteiger partial charge on any atom is -0.465 e. The summed E-state index contributed by atoms with van der Waals surface area (Å²) in [5.74, 6) is -1.45. The molecule has 0 aromatic heterocycles.